The van der Waals surface area contributed by atoms with E-state index >= 15 is 0 Å². The zero-order valence-corrected chi connectivity index (χ0v) is 18.0. The van der Waals surface area contributed by atoms with E-state index in [1.807, 2.05) is 0 Å². The molecule has 0 aliphatic heterocycles. The molecule has 0 unspecified atom stereocenters. The Labute approximate surface area is 171 Å². The van der Waals surface area contributed by atoms with Gasteiger partial charge in [0.05, 0.1) is 18.2 Å². The van der Waals surface area contributed by atoms with Crippen LogP contribution in [0.2, 0.25) is 0 Å². The highest BCUT2D eigenvalue weighted by molar-refractivity contribution is 7.92. The summed E-state index contributed by atoms with van der Waals surface area (Å²) in [4.78, 5) is 11.9. The van der Waals surface area contributed by atoms with Crippen molar-refractivity contribution >= 4 is 37.5 Å². The number of urea groups is 1. The molecule has 0 atom stereocenters. The van der Waals surface area contributed by atoms with E-state index < -0.39 is 20.0 Å². The molecule has 11 heteroatoms. The predicted octanol–water partition coefficient (Wildman–Crippen LogP) is 1.45. The van der Waals surface area contributed by atoms with Crippen molar-refractivity contribution in [1.29, 1.82) is 0 Å². The fourth-order valence-corrected chi connectivity index (χ4v) is 3.42. The molecule has 0 saturated carbocycles. The first-order valence-corrected chi connectivity index (χ1v) is 12.3. The van der Waals surface area contributed by atoms with E-state index in [1.54, 1.807) is 48.5 Å². The van der Waals surface area contributed by atoms with E-state index in [2.05, 4.69) is 15.4 Å². The van der Waals surface area contributed by atoms with Crippen LogP contribution in [0.4, 0.5) is 16.2 Å². The van der Waals surface area contributed by atoms with Crippen LogP contribution >= 0.6 is 0 Å². The molecule has 158 valence electrons. The number of benzene rings is 2. The lowest BCUT2D eigenvalue weighted by atomic mass is 10.2. The molecule has 0 heterocycles. The maximum atomic E-state index is 11.9. The van der Waals surface area contributed by atoms with Crippen molar-refractivity contribution in [2.24, 2.45) is 0 Å². The third-order valence-electron chi connectivity index (χ3n) is 3.96. The molecular formula is C18H24N4O5S2. The van der Waals surface area contributed by atoms with Crippen molar-refractivity contribution in [3.05, 3.63) is 59.7 Å². The van der Waals surface area contributed by atoms with Crippen LogP contribution in [0.3, 0.4) is 0 Å². The predicted molar refractivity (Wildman–Crippen MR) is 114 cm³/mol. The van der Waals surface area contributed by atoms with Gasteiger partial charge in [-0.05, 0) is 35.4 Å². The van der Waals surface area contributed by atoms with Gasteiger partial charge in [-0.3, -0.25) is 9.03 Å². The summed E-state index contributed by atoms with van der Waals surface area (Å²) in [6.07, 6.45) is 2.20. The van der Waals surface area contributed by atoms with Gasteiger partial charge in [-0.25, -0.2) is 21.6 Å². The second-order valence-corrected chi connectivity index (χ2v) is 10.3. The summed E-state index contributed by atoms with van der Waals surface area (Å²) in [5.41, 5.74) is 2.62. The highest BCUT2D eigenvalue weighted by Crippen LogP contribution is 2.16. The molecule has 0 saturated heterocycles. The third kappa shape index (κ3) is 7.62. The van der Waals surface area contributed by atoms with Crippen LogP contribution in [0.15, 0.2) is 48.5 Å². The molecule has 2 amide bonds. The maximum Gasteiger partial charge on any atom is 0.315 e. The van der Waals surface area contributed by atoms with Crippen molar-refractivity contribution in [1.82, 2.24) is 10.6 Å². The minimum Gasteiger partial charge on any atom is -0.334 e. The van der Waals surface area contributed by atoms with Crippen LogP contribution < -0.4 is 19.7 Å². The second kappa shape index (κ2) is 9.14. The Bertz CT molecular complexity index is 1050. The second-order valence-electron chi connectivity index (χ2n) is 6.50. The number of sulfonamides is 2. The third-order valence-corrected chi connectivity index (χ3v) is 5.77. The van der Waals surface area contributed by atoms with Gasteiger partial charge in [0.2, 0.25) is 20.0 Å². The Balaban J connectivity index is 1.81. The summed E-state index contributed by atoms with van der Waals surface area (Å²) in [7, 11) is -5.17. The molecule has 2 rings (SSSR count). The molecule has 0 fully saturated rings. The highest BCUT2D eigenvalue weighted by atomic mass is 32.2. The zero-order valence-electron chi connectivity index (χ0n) is 16.3. The highest BCUT2D eigenvalue weighted by Gasteiger charge is 2.11. The Kier molecular flexibility index (Phi) is 7.09. The summed E-state index contributed by atoms with van der Waals surface area (Å²) >= 11 is 0. The Morgan fingerprint density at radius 2 is 1.28 bits per heavy atom. The molecule has 0 bridgehead atoms. The fraction of sp³-hybridized carbons (Fsp3) is 0.278. The monoisotopic (exact) mass is 440 g/mol. The van der Waals surface area contributed by atoms with Crippen molar-refractivity contribution in [3.8, 4) is 0 Å². The van der Waals surface area contributed by atoms with Crippen molar-refractivity contribution in [2.45, 2.75) is 13.1 Å². The Hall–Kier alpha value is -2.79. The standard InChI is InChI=1S/C18H24N4O5S2/c1-22(29(3,26)27)17-10-6-15(7-11-17)13-20-18(23)19-12-14-4-8-16(9-5-14)21-28(2,24)25/h4-11,21H,12-13H2,1-3H3,(H2,19,20,23). The van der Waals surface area contributed by atoms with Gasteiger partial charge >= 0.3 is 6.03 Å². The van der Waals surface area contributed by atoms with Crippen LogP contribution in [-0.2, 0) is 33.1 Å². The first-order valence-electron chi connectivity index (χ1n) is 8.55. The van der Waals surface area contributed by atoms with Crippen LogP contribution in [0.25, 0.3) is 0 Å². The SMILES string of the molecule is CN(c1ccc(CNC(=O)NCc2ccc(NS(C)(=O)=O)cc2)cc1)S(C)(=O)=O. The Morgan fingerprint density at radius 3 is 1.69 bits per heavy atom. The summed E-state index contributed by atoms with van der Waals surface area (Å²) in [5, 5.41) is 5.43. The van der Waals surface area contributed by atoms with Gasteiger partial charge in [-0.2, -0.15) is 0 Å². The van der Waals surface area contributed by atoms with Crippen molar-refractivity contribution < 1.29 is 21.6 Å². The summed E-state index contributed by atoms with van der Waals surface area (Å²) in [6.45, 7) is 0.564. The lowest BCUT2D eigenvalue weighted by molar-refractivity contribution is 0.240. The van der Waals surface area contributed by atoms with Gasteiger partial charge < -0.3 is 10.6 Å². The van der Waals surface area contributed by atoms with E-state index in [0.717, 1.165) is 23.6 Å². The number of nitrogens with one attached hydrogen (secondary N) is 3. The summed E-state index contributed by atoms with van der Waals surface area (Å²) in [5.74, 6) is 0. The average Bonchev–Trinajstić information content (AvgIpc) is 2.63. The van der Waals surface area contributed by atoms with Gasteiger partial charge in [0.25, 0.3) is 0 Å². The lowest BCUT2D eigenvalue weighted by Gasteiger charge is -2.16. The fourth-order valence-electron chi connectivity index (χ4n) is 2.35. The number of amides is 2. The van der Waals surface area contributed by atoms with Gasteiger partial charge in [0.15, 0.2) is 0 Å². The molecule has 0 spiro atoms. The normalized spacial score (nSPS) is 11.6. The molecular weight excluding hydrogens is 416 g/mol. The quantitative estimate of drug-likeness (QED) is 0.573. The average molecular weight is 441 g/mol. The van der Waals surface area contributed by atoms with Gasteiger partial charge in [0.1, 0.15) is 0 Å². The van der Waals surface area contributed by atoms with E-state index in [-0.39, 0.29) is 19.1 Å². The van der Waals surface area contributed by atoms with Crippen LogP contribution in [0, 0.1) is 0 Å². The molecule has 2 aromatic carbocycles. The number of carbonyl (C=O) groups excluding carboxylic acids is 1. The minimum absolute atomic E-state index is 0.281. The first-order chi connectivity index (χ1) is 13.4. The minimum atomic E-state index is -3.33. The molecule has 29 heavy (non-hydrogen) atoms. The molecule has 3 N–H and O–H groups in total. The van der Waals surface area contributed by atoms with E-state index in [9.17, 15) is 21.6 Å². The summed E-state index contributed by atoms with van der Waals surface area (Å²) < 4.78 is 49.0. The van der Waals surface area contributed by atoms with Crippen LogP contribution in [0.1, 0.15) is 11.1 Å². The molecule has 0 radical (unpaired) electrons. The molecule has 9 nitrogen and oxygen atoms in total. The lowest BCUT2D eigenvalue weighted by Crippen LogP contribution is -2.34. The van der Waals surface area contributed by atoms with Crippen molar-refractivity contribution in [3.63, 3.8) is 0 Å². The van der Waals surface area contributed by atoms with E-state index in [1.165, 1.54) is 11.4 Å². The number of hydrogen-bond donors (Lipinski definition) is 3. The summed E-state index contributed by atoms with van der Waals surface area (Å²) in [6, 6.07) is 13.1. The van der Waals surface area contributed by atoms with Crippen LogP contribution in [-0.4, -0.2) is 42.4 Å². The van der Waals surface area contributed by atoms with Crippen molar-refractivity contribution in [2.75, 3.05) is 28.6 Å². The van der Waals surface area contributed by atoms with Crippen LogP contribution in [0.5, 0.6) is 0 Å². The first kappa shape index (κ1) is 22.5. The van der Waals surface area contributed by atoms with Gasteiger partial charge in [0, 0.05) is 25.8 Å². The molecule has 0 aliphatic rings. The number of hydrogen-bond acceptors (Lipinski definition) is 5. The largest absolute Gasteiger partial charge is 0.334 e. The number of nitrogens with zero attached hydrogens (tertiary/aromatic N) is 1. The van der Waals surface area contributed by atoms with E-state index in [0.29, 0.717) is 11.4 Å². The van der Waals surface area contributed by atoms with Gasteiger partial charge in [-0.15, -0.1) is 0 Å². The molecule has 0 aromatic heterocycles. The number of carbonyl (C=O) groups is 1. The Morgan fingerprint density at radius 1 is 0.828 bits per heavy atom. The number of anilines is 2. The van der Waals surface area contributed by atoms with Gasteiger partial charge in [-0.1, -0.05) is 24.3 Å². The maximum absolute atomic E-state index is 11.9. The topological polar surface area (TPSA) is 125 Å². The zero-order chi connectivity index (χ0) is 21.7. The molecule has 2 aromatic rings. The number of rotatable bonds is 8. The molecule has 0 aliphatic carbocycles. The smallest absolute Gasteiger partial charge is 0.315 e. The van der Waals surface area contributed by atoms with E-state index in [4.69, 9.17) is 0 Å².